The average molecular weight is 749 g/mol. The quantitative estimate of drug-likeness (QED) is 0.0881. The standard InChI is InChI=1S/C28H48N2O21/c1-7(35)29-13-18(40)22(12(6-34)48-26(13)50-23-14(30-8(2)36)25(44)45-10(4-32)16(23)38)49-28-21(43)24(17(39)11(5-33)47-28)51-27-20(42)19(41)15(37)9(3-31)46-27/h9-28,31-34,37-44H,3-6H2,1-2H3,(H,29,35)(H,30,36)/t9-,10-,11-,12-,13-,14-,15+,16+,17+,18-,19+,20-,21-,22-,23-,24+,25-,26+,27-,28+/m1/s1. The van der Waals surface area contributed by atoms with Crippen LogP contribution < -0.4 is 10.6 Å². The number of hydrogen-bond acceptors (Lipinski definition) is 21. The van der Waals surface area contributed by atoms with Crippen molar-refractivity contribution in [2.75, 3.05) is 26.4 Å². The van der Waals surface area contributed by atoms with Crippen molar-refractivity contribution in [1.82, 2.24) is 10.6 Å². The van der Waals surface area contributed by atoms with Gasteiger partial charge in [0.1, 0.15) is 97.5 Å². The summed E-state index contributed by atoms with van der Waals surface area (Å²) in [6, 6.07) is -3.07. The summed E-state index contributed by atoms with van der Waals surface area (Å²) in [5.41, 5.74) is 0. The number of aliphatic hydroxyl groups is 12. The van der Waals surface area contributed by atoms with Crippen molar-refractivity contribution in [3.8, 4) is 0 Å². The normalized spacial score (nSPS) is 47.8. The first-order valence-electron chi connectivity index (χ1n) is 16.1. The van der Waals surface area contributed by atoms with E-state index in [9.17, 15) is 70.9 Å². The molecule has 0 unspecified atom stereocenters. The molecule has 0 aromatic heterocycles. The monoisotopic (exact) mass is 748 g/mol. The lowest BCUT2D eigenvalue weighted by atomic mass is 9.94. The molecule has 2 amide bonds. The summed E-state index contributed by atoms with van der Waals surface area (Å²) in [4.78, 5) is 24.1. The molecule has 23 heteroatoms. The van der Waals surface area contributed by atoms with Gasteiger partial charge in [-0.25, -0.2) is 0 Å². The van der Waals surface area contributed by atoms with Crippen molar-refractivity contribution in [2.45, 2.75) is 137 Å². The summed E-state index contributed by atoms with van der Waals surface area (Å²) in [6.45, 7) is -1.28. The number of carbonyl (C=O) groups is 2. The van der Waals surface area contributed by atoms with Crippen LogP contribution in [0.1, 0.15) is 13.8 Å². The SMILES string of the molecule is CC(=O)N[C@@H]1[C@@H](O[C@@H]2O[C@H](CO)[C@@H](O[C@@H]3O[C@H](CO)[C@H](O)[C@H](O[C@H]4O[C@H](CO)[C@H](O)[C@H](O)[C@H]4O)[C@H]3O)[C@H](O)[C@H]2NC(C)=O)[C@@H](O)[C@@H](CO)O[C@H]1O. The minimum atomic E-state index is -2.04. The first-order chi connectivity index (χ1) is 24.1. The van der Waals surface area contributed by atoms with Crippen molar-refractivity contribution < 1.29 is 104 Å². The molecule has 51 heavy (non-hydrogen) atoms. The molecular weight excluding hydrogens is 700 g/mol. The molecule has 4 aliphatic heterocycles. The highest BCUT2D eigenvalue weighted by atomic mass is 16.8. The lowest BCUT2D eigenvalue weighted by molar-refractivity contribution is -0.379. The Morgan fingerprint density at radius 2 is 0.902 bits per heavy atom. The molecule has 0 aromatic rings. The van der Waals surface area contributed by atoms with Gasteiger partial charge < -0.3 is 105 Å². The van der Waals surface area contributed by atoms with Gasteiger partial charge in [0, 0.05) is 13.8 Å². The van der Waals surface area contributed by atoms with Gasteiger partial charge in [-0.1, -0.05) is 0 Å². The zero-order valence-corrected chi connectivity index (χ0v) is 27.4. The van der Waals surface area contributed by atoms with Crippen LogP contribution in [0, 0.1) is 0 Å². The van der Waals surface area contributed by atoms with Crippen LogP contribution in [0.15, 0.2) is 0 Å². The number of nitrogens with one attached hydrogen (secondary N) is 2. The van der Waals surface area contributed by atoms with Gasteiger partial charge in [-0.3, -0.25) is 9.59 Å². The van der Waals surface area contributed by atoms with E-state index in [1.54, 1.807) is 0 Å². The van der Waals surface area contributed by atoms with Crippen LogP contribution in [0.25, 0.3) is 0 Å². The number of aliphatic hydroxyl groups excluding tert-OH is 12. The van der Waals surface area contributed by atoms with Crippen molar-refractivity contribution >= 4 is 11.8 Å². The number of hydrogen-bond donors (Lipinski definition) is 14. The molecule has 4 aliphatic rings. The minimum Gasteiger partial charge on any atom is -0.394 e. The molecule has 4 saturated heterocycles. The first-order valence-corrected chi connectivity index (χ1v) is 16.1. The number of ether oxygens (including phenoxy) is 7. The van der Waals surface area contributed by atoms with Crippen molar-refractivity contribution in [3.05, 3.63) is 0 Å². The fourth-order valence-electron chi connectivity index (χ4n) is 6.35. The summed E-state index contributed by atoms with van der Waals surface area (Å²) in [5.74, 6) is -1.43. The topological polar surface area (TPSA) is 366 Å². The zero-order chi connectivity index (χ0) is 37.9. The molecule has 0 spiro atoms. The van der Waals surface area contributed by atoms with Crippen LogP contribution in [0.4, 0.5) is 0 Å². The third kappa shape index (κ3) is 9.11. The molecule has 296 valence electrons. The summed E-state index contributed by atoms with van der Waals surface area (Å²) in [6.07, 6.45) is -31.5. The second-order valence-corrected chi connectivity index (χ2v) is 12.6. The minimum absolute atomic E-state index is 0.679. The largest absolute Gasteiger partial charge is 0.394 e. The Kier molecular flexibility index (Phi) is 14.8. The molecule has 23 nitrogen and oxygen atoms in total. The maximum Gasteiger partial charge on any atom is 0.217 e. The van der Waals surface area contributed by atoms with Crippen LogP contribution in [0.3, 0.4) is 0 Å². The zero-order valence-electron chi connectivity index (χ0n) is 27.4. The Hall–Kier alpha value is -1.82. The predicted octanol–water partition coefficient (Wildman–Crippen LogP) is -9.46. The van der Waals surface area contributed by atoms with Gasteiger partial charge in [0.15, 0.2) is 25.2 Å². The second kappa shape index (κ2) is 18.0. The van der Waals surface area contributed by atoms with E-state index in [0.717, 1.165) is 13.8 Å². The molecule has 0 aromatic carbocycles. The Bertz CT molecular complexity index is 1140. The highest BCUT2D eigenvalue weighted by molar-refractivity contribution is 5.73. The van der Waals surface area contributed by atoms with Gasteiger partial charge in [0.05, 0.1) is 26.4 Å². The molecule has 20 atom stereocenters. The van der Waals surface area contributed by atoms with Gasteiger partial charge in [0.25, 0.3) is 0 Å². The van der Waals surface area contributed by atoms with Gasteiger partial charge in [-0.15, -0.1) is 0 Å². The molecule has 0 aliphatic carbocycles. The van der Waals surface area contributed by atoms with Crippen LogP contribution >= 0.6 is 0 Å². The van der Waals surface area contributed by atoms with E-state index in [1.807, 2.05) is 0 Å². The Balaban J connectivity index is 1.58. The van der Waals surface area contributed by atoms with E-state index < -0.39 is 161 Å². The fourth-order valence-corrected chi connectivity index (χ4v) is 6.35. The number of rotatable bonds is 12. The molecule has 0 radical (unpaired) electrons. The lowest BCUT2D eigenvalue weighted by Gasteiger charge is -2.50. The predicted molar refractivity (Wildman–Crippen MR) is 157 cm³/mol. The molecule has 4 rings (SSSR count). The van der Waals surface area contributed by atoms with E-state index in [4.69, 9.17) is 33.2 Å². The third-order valence-corrected chi connectivity index (χ3v) is 9.01. The van der Waals surface area contributed by atoms with Gasteiger partial charge in [-0.05, 0) is 0 Å². The van der Waals surface area contributed by atoms with Gasteiger partial charge >= 0.3 is 0 Å². The maximum absolute atomic E-state index is 12.2. The second-order valence-electron chi connectivity index (χ2n) is 12.6. The van der Waals surface area contributed by atoms with Crippen molar-refractivity contribution in [2.24, 2.45) is 0 Å². The van der Waals surface area contributed by atoms with Crippen molar-refractivity contribution in [3.63, 3.8) is 0 Å². The summed E-state index contributed by atoms with van der Waals surface area (Å²) < 4.78 is 39.0. The molecular formula is C28H48N2O21. The van der Waals surface area contributed by atoms with E-state index in [-0.39, 0.29) is 0 Å². The lowest BCUT2D eigenvalue weighted by Crippen LogP contribution is -2.70. The fraction of sp³-hybridized carbons (Fsp3) is 0.929. The maximum atomic E-state index is 12.2. The molecule has 4 heterocycles. The van der Waals surface area contributed by atoms with Crippen LogP contribution in [-0.4, -0.2) is 222 Å². The molecule has 4 fully saturated rings. The van der Waals surface area contributed by atoms with E-state index in [2.05, 4.69) is 10.6 Å². The Morgan fingerprint density at radius 3 is 1.45 bits per heavy atom. The summed E-state index contributed by atoms with van der Waals surface area (Å²) in [5, 5.41) is 130. The third-order valence-electron chi connectivity index (χ3n) is 9.01. The average Bonchev–Trinajstić information content (AvgIpc) is 3.09. The molecule has 0 bridgehead atoms. The van der Waals surface area contributed by atoms with Gasteiger partial charge in [-0.2, -0.15) is 0 Å². The number of amides is 2. The van der Waals surface area contributed by atoms with E-state index in [1.165, 1.54) is 0 Å². The van der Waals surface area contributed by atoms with Gasteiger partial charge in [0.2, 0.25) is 11.8 Å². The highest BCUT2D eigenvalue weighted by Crippen LogP contribution is 2.34. The number of carbonyl (C=O) groups excluding carboxylic acids is 2. The first kappa shape index (κ1) is 41.9. The Morgan fingerprint density at radius 1 is 0.471 bits per heavy atom. The van der Waals surface area contributed by atoms with Crippen LogP contribution in [-0.2, 0) is 42.7 Å². The van der Waals surface area contributed by atoms with Crippen LogP contribution in [0.2, 0.25) is 0 Å². The summed E-state index contributed by atoms with van der Waals surface area (Å²) in [7, 11) is 0. The smallest absolute Gasteiger partial charge is 0.217 e. The van der Waals surface area contributed by atoms with E-state index in [0.29, 0.717) is 0 Å². The molecule has 14 N–H and O–H groups in total. The highest BCUT2D eigenvalue weighted by Gasteiger charge is 2.55. The molecule has 0 saturated carbocycles. The summed E-state index contributed by atoms with van der Waals surface area (Å²) >= 11 is 0. The Labute approximate surface area is 289 Å². The van der Waals surface area contributed by atoms with Crippen molar-refractivity contribution in [1.29, 1.82) is 0 Å². The van der Waals surface area contributed by atoms with Crippen LogP contribution in [0.5, 0.6) is 0 Å². The van der Waals surface area contributed by atoms with E-state index >= 15 is 0 Å².